The number of aryl methyl sites for hydroxylation is 2. The van der Waals surface area contributed by atoms with Crippen molar-refractivity contribution in [2.24, 2.45) is 4.99 Å². The Bertz CT molecular complexity index is 817. The van der Waals surface area contributed by atoms with Crippen LogP contribution in [0.25, 0.3) is 5.69 Å². The van der Waals surface area contributed by atoms with Crippen molar-refractivity contribution in [3.8, 4) is 5.69 Å². The van der Waals surface area contributed by atoms with Gasteiger partial charge in [0.1, 0.15) is 0 Å². The number of para-hydroxylation sites is 1. The molecular formula is C19H17BrN2. The molecule has 1 heterocycles. The van der Waals surface area contributed by atoms with E-state index >= 15 is 0 Å². The first-order valence-electron chi connectivity index (χ1n) is 7.18. The third-order valence-corrected chi connectivity index (χ3v) is 4.46. The fraction of sp³-hybridized carbons (Fsp3) is 0.105. The van der Waals surface area contributed by atoms with E-state index in [2.05, 4.69) is 69.8 Å². The first-order valence-corrected chi connectivity index (χ1v) is 7.97. The van der Waals surface area contributed by atoms with Gasteiger partial charge >= 0.3 is 0 Å². The predicted molar refractivity (Wildman–Crippen MR) is 96.6 cm³/mol. The van der Waals surface area contributed by atoms with Crippen LogP contribution in [0.1, 0.15) is 16.8 Å². The number of aromatic nitrogens is 1. The van der Waals surface area contributed by atoms with Gasteiger partial charge in [-0.3, -0.25) is 4.99 Å². The summed E-state index contributed by atoms with van der Waals surface area (Å²) < 4.78 is 3.28. The summed E-state index contributed by atoms with van der Waals surface area (Å²) in [5.41, 5.74) is 5.61. The topological polar surface area (TPSA) is 17.3 Å². The van der Waals surface area contributed by atoms with E-state index in [0.717, 1.165) is 15.7 Å². The zero-order valence-corrected chi connectivity index (χ0v) is 14.2. The number of benzene rings is 2. The Labute approximate surface area is 139 Å². The van der Waals surface area contributed by atoms with E-state index < -0.39 is 0 Å². The van der Waals surface area contributed by atoms with Crippen LogP contribution in [0.2, 0.25) is 0 Å². The molecule has 0 N–H and O–H groups in total. The number of hydrogen-bond donors (Lipinski definition) is 0. The van der Waals surface area contributed by atoms with E-state index in [9.17, 15) is 0 Å². The van der Waals surface area contributed by atoms with Crippen molar-refractivity contribution < 1.29 is 0 Å². The Morgan fingerprint density at radius 3 is 2.50 bits per heavy atom. The molecule has 3 heteroatoms. The summed E-state index contributed by atoms with van der Waals surface area (Å²) in [6.07, 6.45) is 4.02. The van der Waals surface area contributed by atoms with Crippen LogP contribution in [0.3, 0.4) is 0 Å². The molecular weight excluding hydrogens is 336 g/mol. The van der Waals surface area contributed by atoms with Gasteiger partial charge < -0.3 is 4.57 Å². The van der Waals surface area contributed by atoms with E-state index in [1.54, 1.807) is 0 Å². The van der Waals surface area contributed by atoms with Gasteiger partial charge in [0, 0.05) is 33.8 Å². The highest BCUT2D eigenvalue weighted by atomic mass is 79.9. The van der Waals surface area contributed by atoms with Crippen LogP contribution in [0.15, 0.2) is 70.3 Å². The minimum atomic E-state index is 0.964. The van der Waals surface area contributed by atoms with Gasteiger partial charge in [0.2, 0.25) is 0 Å². The van der Waals surface area contributed by atoms with Crippen LogP contribution in [-0.4, -0.2) is 10.8 Å². The second-order valence-electron chi connectivity index (χ2n) is 5.31. The van der Waals surface area contributed by atoms with Crippen LogP contribution in [0, 0.1) is 13.8 Å². The van der Waals surface area contributed by atoms with Crippen LogP contribution in [0.4, 0.5) is 5.69 Å². The summed E-state index contributed by atoms with van der Waals surface area (Å²) in [5.74, 6) is 0. The zero-order chi connectivity index (χ0) is 15.5. The molecule has 0 fully saturated rings. The summed E-state index contributed by atoms with van der Waals surface area (Å²) in [6, 6.07) is 18.6. The highest BCUT2D eigenvalue weighted by molar-refractivity contribution is 9.10. The van der Waals surface area contributed by atoms with Gasteiger partial charge in [-0.25, -0.2) is 0 Å². The molecule has 2 nitrogen and oxygen atoms in total. The first kappa shape index (κ1) is 14.8. The maximum absolute atomic E-state index is 4.57. The smallest absolute Gasteiger partial charge is 0.0633 e. The fourth-order valence-corrected chi connectivity index (χ4v) is 2.64. The molecule has 0 saturated heterocycles. The highest BCUT2D eigenvalue weighted by Crippen LogP contribution is 2.22. The number of hydrogen-bond acceptors (Lipinski definition) is 1. The van der Waals surface area contributed by atoms with Crippen molar-refractivity contribution in [2.45, 2.75) is 13.8 Å². The molecule has 0 radical (unpaired) electrons. The normalized spacial score (nSPS) is 11.2. The standard InChI is InChI=1S/C19H17BrN2/c1-14-10-17(8-9-19(14)20)21-12-16-11-15(2)22(13-16)18-6-4-3-5-7-18/h3-13H,1-2H3. The van der Waals surface area contributed by atoms with Crippen LogP contribution >= 0.6 is 15.9 Å². The fourth-order valence-electron chi connectivity index (χ4n) is 2.39. The molecule has 3 aromatic rings. The molecule has 2 aromatic carbocycles. The van der Waals surface area contributed by atoms with Gasteiger partial charge in [0.25, 0.3) is 0 Å². The molecule has 0 aliphatic rings. The van der Waals surface area contributed by atoms with Crippen molar-refractivity contribution in [3.63, 3.8) is 0 Å². The van der Waals surface area contributed by atoms with Crippen molar-refractivity contribution in [3.05, 3.63) is 82.1 Å². The summed E-state index contributed by atoms with van der Waals surface area (Å²) in [6.45, 7) is 4.17. The largest absolute Gasteiger partial charge is 0.321 e. The molecule has 110 valence electrons. The lowest BCUT2D eigenvalue weighted by atomic mass is 10.2. The minimum absolute atomic E-state index is 0.964. The maximum atomic E-state index is 4.57. The van der Waals surface area contributed by atoms with E-state index in [-0.39, 0.29) is 0 Å². The summed E-state index contributed by atoms with van der Waals surface area (Å²) in [5, 5.41) is 0. The Morgan fingerprint density at radius 1 is 1.00 bits per heavy atom. The highest BCUT2D eigenvalue weighted by Gasteiger charge is 2.02. The number of halogens is 1. The molecule has 3 rings (SSSR count). The molecule has 0 amide bonds. The zero-order valence-electron chi connectivity index (χ0n) is 12.6. The van der Waals surface area contributed by atoms with Crippen molar-refractivity contribution >= 4 is 27.8 Å². The van der Waals surface area contributed by atoms with Crippen LogP contribution < -0.4 is 0 Å². The summed E-state index contributed by atoms with van der Waals surface area (Å²) >= 11 is 3.51. The summed E-state index contributed by atoms with van der Waals surface area (Å²) in [7, 11) is 0. The van der Waals surface area contributed by atoms with E-state index in [4.69, 9.17) is 0 Å². The Kier molecular flexibility index (Phi) is 4.25. The molecule has 0 aliphatic heterocycles. The lowest BCUT2D eigenvalue weighted by Crippen LogP contribution is -1.93. The third kappa shape index (κ3) is 3.20. The van der Waals surface area contributed by atoms with E-state index in [0.29, 0.717) is 0 Å². The molecule has 0 atom stereocenters. The molecule has 0 spiro atoms. The van der Waals surface area contributed by atoms with Gasteiger partial charge in [-0.1, -0.05) is 34.1 Å². The monoisotopic (exact) mass is 352 g/mol. The van der Waals surface area contributed by atoms with Crippen LogP contribution in [-0.2, 0) is 0 Å². The van der Waals surface area contributed by atoms with Crippen molar-refractivity contribution in [2.75, 3.05) is 0 Å². The van der Waals surface area contributed by atoms with E-state index in [1.165, 1.54) is 16.9 Å². The lowest BCUT2D eigenvalue weighted by Gasteiger charge is -2.04. The maximum Gasteiger partial charge on any atom is 0.0633 e. The second kappa shape index (κ2) is 6.32. The average Bonchev–Trinajstić information content (AvgIpc) is 2.90. The SMILES string of the molecule is Cc1cc(N=Cc2cc(C)n(-c3ccccc3)c2)ccc1Br. The van der Waals surface area contributed by atoms with Gasteiger partial charge in [-0.15, -0.1) is 0 Å². The Balaban J connectivity index is 1.87. The molecule has 1 aromatic heterocycles. The van der Waals surface area contributed by atoms with Crippen molar-refractivity contribution in [1.29, 1.82) is 0 Å². The minimum Gasteiger partial charge on any atom is -0.321 e. The Hall–Kier alpha value is -2.13. The number of nitrogens with zero attached hydrogens (tertiary/aromatic N) is 2. The van der Waals surface area contributed by atoms with Gasteiger partial charge in [0.15, 0.2) is 0 Å². The number of rotatable bonds is 3. The number of aliphatic imine (C=N–C) groups is 1. The molecule has 0 unspecified atom stereocenters. The molecule has 0 aliphatic carbocycles. The van der Waals surface area contributed by atoms with Crippen molar-refractivity contribution in [1.82, 2.24) is 4.57 Å². The van der Waals surface area contributed by atoms with Gasteiger partial charge in [-0.2, -0.15) is 0 Å². The second-order valence-corrected chi connectivity index (χ2v) is 6.17. The van der Waals surface area contributed by atoms with E-state index in [1.807, 2.05) is 36.5 Å². The predicted octanol–water partition coefficient (Wildman–Crippen LogP) is 5.61. The van der Waals surface area contributed by atoms with Gasteiger partial charge in [0.05, 0.1) is 5.69 Å². The van der Waals surface area contributed by atoms with Gasteiger partial charge in [-0.05, 0) is 55.8 Å². The lowest BCUT2D eigenvalue weighted by molar-refractivity contribution is 1.02. The quantitative estimate of drug-likeness (QED) is 0.545. The van der Waals surface area contributed by atoms with Crippen LogP contribution in [0.5, 0.6) is 0 Å². The molecule has 22 heavy (non-hydrogen) atoms. The first-order chi connectivity index (χ1) is 10.6. The molecule has 0 bridgehead atoms. The summed E-state index contributed by atoms with van der Waals surface area (Å²) in [4.78, 5) is 4.57. The third-order valence-electron chi connectivity index (χ3n) is 3.57. The molecule has 0 saturated carbocycles. The average molecular weight is 353 g/mol. The Morgan fingerprint density at radius 2 is 1.77 bits per heavy atom.